The number of halogens is 2. The molecule has 1 aliphatic carbocycles. The van der Waals surface area contributed by atoms with Gasteiger partial charge in [0.2, 0.25) is 0 Å². The van der Waals surface area contributed by atoms with Gasteiger partial charge in [-0.25, -0.2) is 11.6 Å². The van der Waals surface area contributed by atoms with Gasteiger partial charge in [-0.15, -0.1) is 36.1 Å². The van der Waals surface area contributed by atoms with Crippen molar-refractivity contribution in [1.82, 2.24) is 0 Å². The number of rotatable bonds is 2. The molecule has 3 rings (SSSR count). The van der Waals surface area contributed by atoms with E-state index in [1.54, 1.807) is 0 Å². The molecular formula is C17H18Cl2Ti-2. The van der Waals surface area contributed by atoms with Gasteiger partial charge in [-0.1, -0.05) is 25.8 Å². The van der Waals surface area contributed by atoms with Gasteiger partial charge in [0.1, 0.15) is 0 Å². The third kappa shape index (κ3) is 6.86. The van der Waals surface area contributed by atoms with Gasteiger partial charge >= 0.3 is 35.6 Å². The van der Waals surface area contributed by atoms with Gasteiger partial charge in [0.25, 0.3) is 0 Å². The molecular weight excluding hydrogens is 323 g/mol. The first-order valence-electron chi connectivity index (χ1n) is 6.64. The second-order valence-electron chi connectivity index (χ2n) is 4.28. The molecule has 0 radical (unpaired) electrons. The van der Waals surface area contributed by atoms with E-state index in [0.29, 0.717) is 0 Å². The molecule has 0 amide bonds. The second-order valence-corrected chi connectivity index (χ2v) is 6.86. The first-order valence-corrected chi connectivity index (χ1v) is 10.9. The molecule has 0 saturated heterocycles. The average Bonchev–Trinajstić information content (AvgIpc) is 3.11. The largest absolute Gasteiger partial charge is 0.168 e. The third-order valence-electron chi connectivity index (χ3n) is 2.83. The Balaban J connectivity index is 0.000000169. The van der Waals surface area contributed by atoms with E-state index in [1.165, 1.54) is 29.2 Å². The number of hydrogen-bond acceptors (Lipinski definition) is 0. The van der Waals surface area contributed by atoms with Crippen molar-refractivity contribution < 1.29 is 17.0 Å². The minimum absolute atomic E-state index is 0.556. The predicted octanol–water partition coefficient (Wildman–Crippen LogP) is 6.41. The van der Waals surface area contributed by atoms with E-state index in [2.05, 4.69) is 67.6 Å². The fourth-order valence-electron chi connectivity index (χ4n) is 1.96. The molecule has 0 nitrogen and oxygen atoms in total. The van der Waals surface area contributed by atoms with Crippen molar-refractivity contribution in [3.05, 3.63) is 66.3 Å². The first kappa shape index (κ1) is 17.7. The molecule has 0 saturated carbocycles. The summed E-state index contributed by atoms with van der Waals surface area (Å²) in [5, 5.41) is 2.66. The van der Waals surface area contributed by atoms with Crippen LogP contribution in [0.1, 0.15) is 26.2 Å². The SMILES string of the molecule is CCCC1=[C-]CC=C1.[Cl][Ti][Cl].c1ccc2[cH-]ccc2c1. The van der Waals surface area contributed by atoms with Crippen LogP contribution in [0.2, 0.25) is 0 Å². The second kappa shape index (κ2) is 11.3. The Morgan fingerprint density at radius 3 is 2.60 bits per heavy atom. The van der Waals surface area contributed by atoms with Crippen LogP contribution >= 0.6 is 18.6 Å². The molecule has 0 N–H and O–H groups in total. The summed E-state index contributed by atoms with van der Waals surface area (Å²) in [4.78, 5) is 0. The molecule has 0 bridgehead atoms. The van der Waals surface area contributed by atoms with E-state index in [1.807, 2.05) is 0 Å². The molecule has 0 aromatic heterocycles. The van der Waals surface area contributed by atoms with Crippen LogP contribution in [0.3, 0.4) is 0 Å². The van der Waals surface area contributed by atoms with Gasteiger partial charge in [0.15, 0.2) is 0 Å². The van der Waals surface area contributed by atoms with Crippen LogP contribution in [0.5, 0.6) is 0 Å². The van der Waals surface area contributed by atoms with Crippen molar-refractivity contribution in [2.75, 3.05) is 0 Å². The van der Waals surface area contributed by atoms with Crippen molar-refractivity contribution in [3.8, 4) is 0 Å². The summed E-state index contributed by atoms with van der Waals surface area (Å²) in [6, 6.07) is 14.7. The zero-order valence-corrected chi connectivity index (χ0v) is 14.6. The van der Waals surface area contributed by atoms with Gasteiger partial charge in [-0.05, 0) is 0 Å². The monoisotopic (exact) mass is 340 g/mol. The Kier molecular flexibility index (Phi) is 9.96. The zero-order valence-electron chi connectivity index (χ0n) is 11.6. The van der Waals surface area contributed by atoms with E-state index in [0.717, 1.165) is 6.42 Å². The quantitative estimate of drug-likeness (QED) is 0.437. The Hall–Kier alpha value is -0.396. The number of allylic oxidation sites excluding steroid dienone is 4. The van der Waals surface area contributed by atoms with Crippen LogP contribution in [0, 0.1) is 6.08 Å². The molecule has 0 unspecified atom stereocenters. The van der Waals surface area contributed by atoms with Gasteiger partial charge in [-0.3, -0.25) is 6.08 Å². The van der Waals surface area contributed by atoms with Crippen molar-refractivity contribution in [2.45, 2.75) is 26.2 Å². The molecule has 0 spiro atoms. The van der Waals surface area contributed by atoms with Crippen LogP contribution in [0.15, 0.2) is 60.2 Å². The first-order chi connectivity index (χ1) is 9.81. The van der Waals surface area contributed by atoms with Gasteiger partial charge < -0.3 is 0 Å². The summed E-state index contributed by atoms with van der Waals surface area (Å²) in [5.41, 5.74) is 1.40. The fraction of sp³-hybridized carbons (Fsp3) is 0.235. The molecule has 0 fully saturated rings. The summed E-state index contributed by atoms with van der Waals surface area (Å²) in [6.07, 6.45) is 11.1. The van der Waals surface area contributed by atoms with Gasteiger partial charge in [-0.2, -0.15) is 23.6 Å². The topological polar surface area (TPSA) is 0 Å². The van der Waals surface area contributed by atoms with Crippen molar-refractivity contribution >= 4 is 29.4 Å². The summed E-state index contributed by atoms with van der Waals surface area (Å²) >= 11 is -0.556. The van der Waals surface area contributed by atoms with E-state index in [9.17, 15) is 0 Å². The minimum atomic E-state index is -0.556. The summed E-state index contributed by atoms with van der Waals surface area (Å²) in [5.74, 6) is 0. The minimum Gasteiger partial charge on any atom is -0.168 e. The maximum absolute atomic E-state index is 4.89. The molecule has 2 aromatic carbocycles. The molecule has 0 heterocycles. The maximum Gasteiger partial charge on any atom is -0.0809 e. The van der Waals surface area contributed by atoms with Crippen LogP contribution in [0.25, 0.3) is 10.8 Å². The summed E-state index contributed by atoms with van der Waals surface area (Å²) < 4.78 is 0. The Morgan fingerprint density at radius 1 is 1.25 bits per heavy atom. The maximum atomic E-state index is 4.89. The van der Waals surface area contributed by atoms with E-state index >= 15 is 0 Å². The Morgan fingerprint density at radius 2 is 2.00 bits per heavy atom. The standard InChI is InChI=1S/C9H7.C8H11.2ClH.Ti/c1-2-5-9-7-3-6-8(9)4-1;1-2-5-8-6-3-4-7-8;;;/h1-7H;3,6H,2,4-5H2,1H3;2*1H;/q2*-1;;;+2/p-2. The molecule has 0 atom stereocenters. The van der Waals surface area contributed by atoms with Crippen LogP contribution in [-0.2, 0) is 17.0 Å². The number of benzene rings is 1. The average molecular weight is 341 g/mol. The van der Waals surface area contributed by atoms with Crippen molar-refractivity contribution in [3.63, 3.8) is 0 Å². The molecule has 106 valence electrons. The van der Waals surface area contributed by atoms with Gasteiger partial charge in [0.05, 0.1) is 0 Å². The number of fused-ring (bicyclic) bond motifs is 1. The smallest absolute Gasteiger partial charge is 0.0809 e. The zero-order chi connectivity index (χ0) is 14.6. The summed E-state index contributed by atoms with van der Waals surface area (Å²) in [6.45, 7) is 2.20. The van der Waals surface area contributed by atoms with Crippen LogP contribution < -0.4 is 0 Å². The van der Waals surface area contributed by atoms with Crippen LogP contribution in [0.4, 0.5) is 0 Å². The van der Waals surface area contributed by atoms with E-state index < -0.39 is 17.0 Å². The fourth-order valence-corrected chi connectivity index (χ4v) is 1.96. The van der Waals surface area contributed by atoms with Crippen molar-refractivity contribution in [2.24, 2.45) is 0 Å². The van der Waals surface area contributed by atoms with Crippen molar-refractivity contribution in [1.29, 1.82) is 0 Å². The third-order valence-corrected chi connectivity index (χ3v) is 2.83. The Labute approximate surface area is 138 Å². The molecule has 2 aromatic rings. The predicted molar refractivity (Wildman–Crippen MR) is 86.7 cm³/mol. The molecule has 1 aliphatic rings. The Bertz CT molecular complexity index is 510. The molecule has 3 heteroatoms. The summed E-state index contributed by atoms with van der Waals surface area (Å²) in [7, 11) is 9.78. The van der Waals surface area contributed by atoms with Crippen LogP contribution in [-0.4, -0.2) is 0 Å². The van der Waals surface area contributed by atoms with Gasteiger partial charge in [0, 0.05) is 0 Å². The molecule has 0 aliphatic heterocycles. The normalized spacial score (nSPS) is 12.1. The number of hydrogen-bond donors (Lipinski definition) is 0. The van der Waals surface area contributed by atoms with E-state index in [-0.39, 0.29) is 0 Å². The molecule has 20 heavy (non-hydrogen) atoms. The van der Waals surface area contributed by atoms with E-state index in [4.69, 9.17) is 18.6 Å².